The van der Waals surface area contributed by atoms with Gasteiger partial charge in [0.1, 0.15) is 23.8 Å². The maximum atomic E-state index is 12.6. The number of amides is 2. The highest BCUT2D eigenvalue weighted by molar-refractivity contribution is 9.10. The molecule has 1 aliphatic rings. The van der Waals surface area contributed by atoms with E-state index in [9.17, 15) is 9.59 Å². The van der Waals surface area contributed by atoms with Crippen molar-refractivity contribution in [1.82, 2.24) is 15.6 Å². The van der Waals surface area contributed by atoms with Crippen molar-refractivity contribution >= 4 is 39.5 Å². The lowest BCUT2D eigenvalue weighted by Crippen LogP contribution is -2.48. The van der Waals surface area contributed by atoms with E-state index in [1.165, 1.54) is 11.3 Å². The van der Waals surface area contributed by atoms with E-state index in [2.05, 4.69) is 31.5 Å². The number of ether oxygens (including phenoxy) is 3. The molecule has 0 saturated carbocycles. The number of hydrogen-bond donors (Lipinski definition) is 3. The molecule has 1 unspecified atom stereocenters. The molecule has 0 fully saturated rings. The third kappa shape index (κ3) is 6.01. The molecular weight excluding hydrogens is 490 g/mol. The van der Waals surface area contributed by atoms with Crippen LogP contribution in [-0.4, -0.2) is 53.7 Å². The molecule has 1 aromatic heterocycles. The zero-order valence-electron chi connectivity index (χ0n) is 17.3. The lowest BCUT2D eigenvalue weighted by Gasteiger charge is -2.30. The van der Waals surface area contributed by atoms with Crippen LogP contribution in [-0.2, 0) is 4.74 Å². The van der Waals surface area contributed by atoms with Crippen molar-refractivity contribution in [1.29, 1.82) is 0 Å². The molecule has 3 rings (SSSR count). The van der Waals surface area contributed by atoms with E-state index in [0.717, 1.165) is 5.56 Å². The van der Waals surface area contributed by atoms with Crippen LogP contribution in [0.25, 0.3) is 0 Å². The molecular formula is C20H24BrN3O6S. The number of halogens is 1. The average molecular weight is 514 g/mol. The Hall–Kier alpha value is -2.53. The van der Waals surface area contributed by atoms with Gasteiger partial charge in [-0.1, -0.05) is 6.07 Å². The first-order chi connectivity index (χ1) is 14.7. The summed E-state index contributed by atoms with van der Waals surface area (Å²) in [7, 11) is 0. The minimum Gasteiger partial charge on any atom is -0.486 e. The zero-order chi connectivity index (χ0) is 22.6. The van der Waals surface area contributed by atoms with Gasteiger partial charge in [0.2, 0.25) is 0 Å². The van der Waals surface area contributed by atoms with Crippen molar-refractivity contribution in [2.24, 2.45) is 0 Å². The number of aromatic nitrogens is 1. The summed E-state index contributed by atoms with van der Waals surface area (Å²) < 4.78 is 17.5. The highest BCUT2D eigenvalue weighted by Gasteiger charge is 2.33. The normalized spacial score (nSPS) is 15.0. The lowest BCUT2D eigenvalue weighted by molar-refractivity contribution is 0.0498. The number of fused-ring (bicyclic) bond motifs is 1. The van der Waals surface area contributed by atoms with Crippen LogP contribution in [0.2, 0.25) is 0 Å². The Morgan fingerprint density at radius 1 is 1.32 bits per heavy atom. The number of nitrogens with zero attached hydrogens (tertiary/aromatic N) is 1. The number of carboxylic acid groups (broad SMARTS) is 1. The molecule has 31 heavy (non-hydrogen) atoms. The molecule has 2 aromatic rings. The molecule has 2 heterocycles. The number of alkyl carbamates (subject to hydrolysis) is 1. The highest BCUT2D eigenvalue weighted by Crippen LogP contribution is 2.44. The van der Waals surface area contributed by atoms with Gasteiger partial charge in [0.25, 0.3) is 0 Å². The van der Waals surface area contributed by atoms with Gasteiger partial charge >= 0.3 is 12.2 Å². The lowest BCUT2D eigenvalue weighted by atomic mass is 9.91. The molecule has 0 saturated heterocycles. The van der Waals surface area contributed by atoms with Gasteiger partial charge in [0, 0.05) is 18.1 Å². The van der Waals surface area contributed by atoms with Gasteiger partial charge in [-0.2, -0.15) is 0 Å². The van der Waals surface area contributed by atoms with Crippen LogP contribution < -0.4 is 20.1 Å². The molecule has 1 aromatic carbocycles. The summed E-state index contributed by atoms with van der Waals surface area (Å²) in [5, 5.41) is 16.9. The summed E-state index contributed by atoms with van der Waals surface area (Å²) in [4.78, 5) is 28.2. The minimum absolute atomic E-state index is 0.0558. The van der Waals surface area contributed by atoms with Crippen molar-refractivity contribution < 1.29 is 28.9 Å². The van der Waals surface area contributed by atoms with Gasteiger partial charge in [0.15, 0.2) is 11.5 Å². The predicted molar refractivity (Wildman–Crippen MR) is 118 cm³/mol. The quantitative estimate of drug-likeness (QED) is 0.534. The van der Waals surface area contributed by atoms with Crippen LogP contribution in [0.15, 0.2) is 28.2 Å². The summed E-state index contributed by atoms with van der Waals surface area (Å²) in [6, 6.07) is 2.97. The molecule has 2 atom stereocenters. The maximum absolute atomic E-state index is 12.6. The Labute approximate surface area is 192 Å². The molecule has 11 heteroatoms. The van der Waals surface area contributed by atoms with Crippen molar-refractivity contribution in [3.8, 4) is 11.5 Å². The largest absolute Gasteiger partial charge is 0.486 e. The second-order valence-electron chi connectivity index (χ2n) is 7.78. The zero-order valence-corrected chi connectivity index (χ0v) is 19.7. The van der Waals surface area contributed by atoms with Gasteiger partial charge in [-0.25, -0.2) is 14.6 Å². The molecule has 9 nitrogen and oxygen atoms in total. The van der Waals surface area contributed by atoms with E-state index in [-0.39, 0.29) is 6.54 Å². The number of rotatable bonds is 6. The Bertz CT molecular complexity index is 932. The van der Waals surface area contributed by atoms with Gasteiger partial charge in [-0.3, -0.25) is 0 Å². The van der Waals surface area contributed by atoms with Gasteiger partial charge < -0.3 is 30.0 Å². The summed E-state index contributed by atoms with van der Waals surface area (Å²) in [5.41, 5.74) is 0.0655. The fourth-order valence-corrected chi connectivity index (χ4v) is 4.66. The molecule has 3 N–H and O–H groups in total. The monoisotopic (exact) mass is 513 g/mol. The van der Waals surface area contributed by atoms with Crippen molar-refractivity contribution in [2.45, 2.75) is 38.3 Å². The van der Waals surface area contributed by atoms with Crippen LogP contribution in [0.1, 0.15) is 37.3 Å². The maximum Gasteiger partial charge on any atom is 0.407 e. The molecule has 0 spiro atoms. The van der Waals surface area contributed by atoms with Crippen LogP contribution in [0.4, 0.5) is 9.59 Å². The van der Waals surface area contributed by atoms with Gasteiger partial charge in [-0.15, -0.1) is 11.3 Å². The summed E-state index contributed by atoms with van der Waals surface area (Å²) in [6.45, 7) is 6.09. The third-order valence-corrected chi connectivity index (χ3v) is 5.98. The average Bonchev–Trinajstić information content (AvgIpc) is 3.21. The van der Waals surface area contributed by atoms with E-state index in [4.69, 9.17) is 19.3 Å². The summed E-state index contributed by atoms with van der Waals surface area (Å²) in [5.74, 6) is 0.692. The Balaban J connectivity index is 2.01. The topological polar surface area (TPSA) is 119 Å². The van der Waals surface area contributed by atoms with E-state index in [1.54, 1.807) is 33.0 Å². The summed E-state index contributed by atoms with van der Waals surface area (Å²) >= 11 is 5.01. The first-order valence-corrected chi connectivity index (χ1v) is 11.3. The predicted octanol–water partition coefficient (Wildman–Crippen LogP) is 3.97. The third-order valence-electron chi connectivity index (χ3n) is 4.31. The standard InChI is InChI=1S/C20H24BrN3O6S/c1-20(2,3)30-19(27)24-12(10-23-18(25)26)14(17-22-6-9-31-17)11-4-5-13-16(15(11)21)29-8-7-28-13/h4-6,9,12,14,23H,7-8,10H2,1-3H3,(H,24,27)(H,25,26)/t12-,14?/m1/s1. The number of carbonyl (C=O) groups is 2. The fourth-order valence-electron chi connectivity index (χ4n) is 3.16. The first-order valence-electron chi connectivity index (χ1n) is 9.59. The molecule has 0 aliphatic carbocycles. The second-order valence-corrected chi connectivity index (χ2v) is 9.50. The number of benzene rings is 1. The molecule has 168 valence electrons. The number of thiazole rings is 1. The minimum atomic E-state index is -1.20. The van der Waals surface area contributed by atoms with Crippen LogP contribution in [0.3, 0.4) is 0 Å². The highest BCUT2D eigenvalue weighted by atomic mass is 79.9. The van der Waals surface area contributed by atoms with E-state index >= 15 is 0 Å². The van der Waals surface area contributed by atoms with Crippen LogP contribution >= 0.6 is 27.3 Å². The van der Waals surface area contributed by atoms with E-state index < -0.39 is 29.7 Å². The number of hydrogen-bond acceptors (Lipinski definition) is 7. The SMILES string of the molecule is CC(C)(C)OC(=O)N[C@H](CNC(=O)O)C(c1nccs1)c1ccc2c(c1Br)OCCO2. The van der Waals surface area contributed by atoms with Crippen LogP contribution in [0, 0.1) is 0 Å². The number of nitrogens with one attached hydrogen (secondary N) is 2. The summed E-state index contributed by atoms with van der Waals surface area (Å²) in [6.07, 6.45) is -0.191. The fraction of sp³-hybridized carbons (Fsp3) is 0.450. The van der Waals surface area contributed by atoms with Crippen molar-refractivity contribution in [3.05, 3.63) is 38.8 Å². The van der Waals surface area contributed by atoms with Crippen molar-refractivity contribution in [3.63, 3.8) is 0 Å². The van der Waals surface area contributed by atoms with Crippen molar-refractivity contribution in [2.75, 3.05) is 19.8 Å². The molecule has 2 amide bonds. The van der Waals surface area contributed by atoms with Gasteiger partial charge in [0.05, 0.1) is 16.4 Å². The second kappa shape index (κ2) is 9.73. The van der Waals surface area contributed by atoms with Crippen LogP contribution in [0.5, 0.6) is 11.5 Å². The molecule has 0 radical (unpaired) electrons. The van der Waals surface area contributed by atoms with E-state index in [1.807, 2.05) is 11.4 Å². The first kappa shape index (κ1) is 23.1. The smallest absolute Gasteiger partial charge is 0.407 e. The number of carbonyl (C=O) groups excluding carboxylic acids is 1. The Morgan fingerprint density at radius 2 is 2.06 bits per heavy atom. The van der Waals surface area contributed by atoms with E-state index in [0.29, 0.717) is 34.2 Å². The van der Waals surface area contributed by atoms with Gasteiger partial charge in [-0.05, 0) is 48.3 Å². The Morgan fingerprint density at radius 3 is 2.71 bits per heavy atom. The molecule has 0 bridgehead atoms. The molecule has 1 aliphatic heterocycles. The Kier molecular flexibility index (Phi) is 7.26.